The second-order valence-electron chi connectivity index (χ2n) is 5.47. The highest BCUT2D eigenvalue weighted by Crippen LogP contribution is 2.24. The van der Waals surface area contributed by atoms with E-state index in [1.165, 1.54) is 4.90 Å². The van der Waals surface area contributed by atoms with E-state index in [0.717, 1.165) is 11.3 Å². The molecule has 0 radical (unpaired) electrons. The van der Waals surface area contributed by atoms with Crippen LogP contribution in [0.5, 0.6) is 0 Å². The number of aromatic nitrogens is 2. The van der Waals surface area contributed by atoms with Crippen LogP contribution in [0, 0.1) is 6.92 Å². The molecule has 0 bridgehead atoms. The highest BCUT2D eigenvalue weighted by Gasteiger charge is 2.19. The maximum atomic E-state index is 12.3. The van der Waals surface area contributed by atoms with E-state index in [9.17, 15) is 4.79 Å². The van der Waals surface area contributed by atoms with Crippen LogP contribution in [0.4, 0.5) is 22.2 Å². The van der Waals surface area contributed by atoms with Gasteiger partial charge in [-0.1, -0.05) is 17.7 Å². The van der Waals surface area contributed by atoms with Crippen molar-refractivity contribution in [2.24, 2.45) is 0 Å². The Hall–Kier alpha value is -2.67. The molecule has 7 heteroatoms. The van der Waals surface area contributed by atoms with E-state index in [-0.39, 0.29) is 12.1 Å². The standard InChI is InChI=1S/C17H23N5O2/c1-12-5-7-14(8-6-12)22(17(23)18-3)15-9-10-19-16(21-15)20-13(2)11-24-4/h5-10,13H,11H2,1-4H3,(H,18,23)(H,19,20,21). The van der Waals surface area contributed by atoms with Crippen LogP contribution in [0.1, 0.15) is 12.5 Å². The van der Waals surface area contributed by atoms with Gasteiger partial charge in [0.15, 0.2) is 0 Å². The minimum absolute atomic E-state index is 0.0538. The van der Waals surface area contributed by atoms with Crippen molar-refractivity contribution < 1.29 is 9.53 Å². The van der Waals surface area contributed by atoms with Crippen molar-refractivity contribution in [1.29, 1.82) is 0 Å². The Labute approximate surface area is 142 Å². The van der Waals surface area contributed by atoms with Gasteiger partial charge >= 0.3 is 6.03 Å². The third-order valence-corrected chi connectivity index (χ3v) is 3.37. The Morgan fingerprint density at radius 2 is 2.00 bits per heavy atom. The number of rotatable bonds is 6. The summed E-state index contributed by atoms with van der Waals surface area (Å²) in [5, 5.41) is 5.79. The number of carbonyl (C=O) groups excluding carboxylic acids is 1. The van der Waals surface area contributed by atoms with E-state index in [4.69, 9.17) is 4.74 Å². The van der Waals surface area contributed by atoms with E-state index in [1.54, 1.807) is 26.4 Å². The zero-order valence-corrected chi connectivity index (χ0v) is 14.4. The predicted octanol–water partition coefficient (Wildman–Crippen LogP) is 2.71. The van der Waals surface area contributed by atoms with Gasteiger partial charge < -0.3 is 15.4 Å². The zero-order chi connectivity index (χ0) is 17.5. The highest BCUT2D eigenvalue weighted by atomic mass is 16.5. The molecule has 7 nitrogen and oxygen atoms in total. The van der Waals surface area contributed by atoms with E-state index in [0.29, 0.717) is 18.4 Å². The normalized spacial score (nSPS) is 11.7. The Balaban J connectivity index is 2.33. The zero-order valence-electron chi connectivity index (χ0n) is 14.4. The number of benzene rings is 1. The van der Waals surface area contributed by atoms with Crippen LogP contribution in [0.3, 0.4) is 0 Å². The van der Waals surface area contributed by atoms with Crippen LogP contribution in [-0.2, 0) is 4.74 Å². The molecule has 0 aliphatic carbocycles. The Morgan fingerprint density at radius 3 is 2.62 bits per heavy atom. The maximum Gasteiger partial charge on any atom is 0.327 e. The Kier molecular flexibility index (Phi) is 6.08. The third-order valence-electron chi connectivity index (χ3n) is 3.37. The number of hydrogen-bond acceptors (Lipinski definition) is 5. The summed E-state index contributed by atoms with van der Waals surface area (Å²) in [4.78, 5) is 22.5. The molecule has 2 aromatic rings. The molecular formula is C17H23N5O2. The molecule has 1 aromatic carbocycles. The Morgan fingerprint density at radius 1 is 1.29 bits per heavy atom. The highest BCUT2D eigenvalue weighted by molar-refractivity contribution is 5.98. The molecule has 0 aliphatic rings. The first-order valence-electron chi connectivity index (χ1n) is 7.72. The van der Waals surface area contributed by atoms with Crippen molar-refractivity contribution in [2.45, 2.75) is 19.9 Å². The first-order chi connectivity index (χ1) is 11.5. The van der Waals surface area contributed by atoms with Gasteiger partial charge in [-0.15, -0.1) is 0 Å². The number of aryl methyl sites for hydroxylation is 1. The summed E-state index contributed by atoms with van der Waals surface area (Å²) in [5.41, 5.74) is 1.85. The summed E-state index contributed by atoms with van der Waals surface area (Å²) < 4.78 is 5.10. The lowest BCUT2D eigenvalue weighted by Gasteiger charge is -2.22. The quantitative estimate of drug-likeness (QED) is 0.852. The minimum Gasteiger partial charge on any atom is -0.383 e. The molecule has 2 N–H and O–H groups in total. The fraction of sp³-hybridized carbons (Fsp3) is 0.353. The number of nitrogens with one attached hydrogen (secondary N) is 2. The van der Waals surface area contributed by atoms with Crippen LogP contribution in [0.15, 0.2) is 36.5 Å². The number of carbonyl (C=O) groups is 1. The van der Waals surface area contributed by atoms with Crippen LogP contribution < -0.4 is 15.5 Å². The first kappa shape index (κ1) is 17.7. The molecule has 1 heterocycles. The summed E-state index contributed by atoms with van der Waals surface area (Å²) in [7, 11) is 3.23. The maximum absolute atomic E-state index is 12.3. The molecule has 1 atom stereocenters. The fourth-order valence-corrected chi connectivity index (χ4v) is 2.21. The van der Waals surface area contributed by atoms with Gasteiger partial charge in [-0.2, -0.15) is 4.98 Å². The van der Waals surface area contributed by atoms with Gasteiger partial charge in [-0.25, -0.2) is 14.7 Å². The topological polar surface area (TPSA) is 79.4 Å². The molecule has 0 aliphatic heterocycles. The molecule has 24 heavy (non-hydrogen) atoms. The van der Waals surface area contributed by atoms with Crippen LogP contribution >= 0.6 is 0 Å². The Bertz CT molecular complexity index is 675. The summed E-state index contributed by atoms with van der Waals surface area (Å²) in [6.07, 6.45) is 1.62. The summed E-state index contributed by atoms with van der Waals surface area (Å²) in [6.45, 7) is 4.50. The molecule has 0 fully saturated rings. The number of methoxy groups -OCH3 is 1. The predicted molar refractivity (Wildman–Crippen MR) is 94.8 cm³/mol. The average molecular weight is 329 g/mol. The molecule has 0 saturated carbocycles. The third kappa shape index (κ3) is 4.42. The number of ether oxygens (including phenoxy) is 1. The summed E-state index contributed by atoms with van der Waals surface area (Å²) in [6, 6.07) is 9.15. The van der Waals surface area contributed by atoms with Crippen LogP contribution in [-0.4, -0.2) is 42.8 Å². The second-order valence-corrected chi connectivity index (χ2v) is 5.47. The lowest BCUT2D eigenvalue weighted by atomic mass is 10.2. The SMILES string of the molecule is CNC(=O)N(c1ccc(C)cc1)c1ccnc(NC(C)COC)n1. The number of hydrogen-bond donors (Lipinski definition) is 2. The largest absolute Gasteiger partial charge is 0.383 e. The first-order valence-corrected chi connectivity index (χ1v) is 7.72. The van der Waals surface area contributed by atoms with Gasteiger partial charge in [-0.05, 0) is 26.0 Å². The molecule has 128 valence electrons. The lowest BCUT2D eigenvalue weighted by Crippen LogP contribution is -2.35. The lowest BCUT2D eigenvalue weighted by molar-refractivity contribution is 0.190. The monoisotopic (exact) mass is 329 g/mol. The van der Waals surface area contributed by atoms with Gasteiger partial charge in [0.05, 0.1) is 12.3 Å². The van der Waals surface area contributed by atoms with Crippen molar-refractivity contribution in [3.05, 3.63) is 42.1 Å². The van der Waals surface area contributed by atoms with Crippen molar-refractivity contribution >= 4 is 23.5 Å². The van der Waals surface area contributed by atoms with Gasteiger partial charge in [-0.3, -0.25) is 0 Å². The van der Waals surface area contributed by atoms with E-state index >= 15 is 0 Å². The van der Waals surface area contributed by atoms with Gasteiger partial charge in [0.1, 0.15) is 5.82 Å². The fourth-order valence-electron chi connectivity index (χ4n) is 2.21. The average Bonchev–Trinajstić information content (AvgIpc) is 2.57. The van der Waals surface area contributed by atoms with Crippen molar-refractivity contribution in [1.82, 2.24) is 15.3 Å². The van der Waals surface area contributed by atoms with Gasteiger partial charge in [0.2, 0.25) is 5.95 Å². The van der Waals surface area contributed by atoms with E-state index < -0.39 is 0 Å². The molecule has 1 aromatic heterocycles. The molecule has 1 unspecified atom stereocenters. The molecule has 0 saturated heterocycles. The van der Waals surface area contributed by atoms with Crippen LogP contribution in [0.25, 0.3) is 0 Å². The van der Waals surface area contributed by atoms with Crippen molar-refractivity contribution in [3.63, 3.8) is 0 Å². The van der Waals surface area contributed by atoms with Gasteiger partial charge in [0.25, 0.3) is 0 Å². The van der Waals surface area contributed by atoms with E-state index in [2.05, 4.69) is 20.6 Å². The van der Waals surface area contributed by atoms with Crippen LogP contribution in [0.2, 0.25) is 0 Å². The van der Waals surface area contributed by atoms with E-state index in [1.807, 2.05) is 38.1 Å². The molecule has 0 spiro atoms. The molecular weight excluding hydrogens is 306 g/mol. The van der Waals surface area contributed by atoms with Crippen molar-refractivity contribution in [3.8, 4) is 0 Å². The minimum atomic E-state index is -0.270. The van der Waals surface area contributed by atoms with Gasteiger partial charge in [0, 0.05) is 32.5 Å². The number of nitrogens with zero attached hydrogens (tertiary/aromatic N) is 3. The summed E-state index contributed by atoms with van der Waals surface area (Å²) in [5.74, 6) is 0.929. The van der Waals surface area contributed by atoms with Crippen molar-refractivity contribution in [2.75, 3.05) is 31.0 Å². The number of anilines is 3. The number of amides is 2. The molecule has 2 amide bonds. The second kappa shape index (κ2) is 8.26. The number of urea groups is 1. The summed E-state index contributed by atoms with van der Waals surface area (Å²) >= 11 is 0. The smallest absolute Gasteiger partial charge is 0.327 e. The molecule has 2 rings (SSSR count).